The van der Waals surface area contributed by atoms with Gasteiger partial charge in [-0.3, -0.25) is 4.90 Å². The summed E-state index contributed by atoms with van der Waals surface area (Å²) in [5.74, 6) is 3.07. The zero-order valence-corrected chi connectivity index (χ0v) is 23.3. The highest BCUT2D eigenvalue weighted by molar-refractivity contribution is 5.89. The predicted octanol–water partition coefficient (Wildman–Crippen LogP) is 7.42. The monoisotopic (exact) mass is 527 g/mol. The predicted molar refractivity (Wildman–Crippen MR) is 157 cm³/mol. The molecular weight excluding hydrogens is 486 g/mol. The maximum atomic E-state index is 13.0. The van der Waals surface area contributed by atoms with E-state index in [0.29, 0.717) is 11.3 Å². The van der Waals surface area contributed by atoms with Crippen LogP contribution < -0.4 is 14.8 Å². The highest BCUT2D eigenvalue weighted by Gasteiger charge is 2.38. The highest BCUT2D eigenvalue weighted by Crippen LogP contribution is 2.42. The first-order chi connectivity index (χ1) is 19.0. The summed E-state index contributed by atoms with van der Waals surface area (Å²) in [5.41, 5.74) is 2.42. The number of ether oxygens (including phenoxy) is 2. The van der Waals surface area contributed by atoms with E-state index in [0.717, 1.165) is 75.1 Å². The fourth-order valence-corrected chi connectivity index (χ4v) is 5.58. The zero-order chi connectivity index (χ0) is 27.1. The summed E-state index contributed by atoms with van der Waals surface area (Å²) >= 11 is 0. The van der Waals surface area contributed by atoms with Gasteiger partial charge >= 0.3 is 6.03 Å². The molecule has 3 aromatic carbocycles. The average Bonchev–Trinajstić information content (AvgIpc) is 2.96. The second-order valence-electron chi connectivity index (χ2n) is 11.4. The normalized spacial score (nSPS) is 17.3. The summed E-state index contributed by atoms with van der Waals surface area (Å²) in [6.07, 6.45) is 4.54. The summed E-state index contributed by atoms with van der Waals surface area (Å²) in [4.78, 5) is 17.5. The molecule has 6 heteroatoms. The van der Waals surface area contributed by atoms with E-state index >= 15 is 0 Å². The Morgan fingerprint density at radius 2 is 1.44 bits per heavy atom. The molecule has 0 aromatic heterocycles. The van der Waals surface area contributed by atoms with Crippen LogP contribution in [0.2, 0.25) is 0 Å². The van der Waals surface area contributed by atoms with Crippen LogP contribution in [0.1, 0.15) is 45.1 Å². The Labute approximate surface area is 232 Å². The zero-order valence-electron chi connectivity index (χ0n) is 23.3. The van der Waals surface area contributed by atoms with E-state index in [-0.39, 0.29) is 6.03 Å². The second kappa shape index (κ2) is 12.6. The third-order valence-corrected chi connectivity index (χ3v) is 8.05. The minimum atomic E-state index is -0.0166. The van der Waals surface area contributed by atoms with E-state index in [1.165, 1.54) is 18.4 Å². The van der Waals surface area contributed by atoms with Gasteiger partial charge in [-0.05, 0) is 92.6 Å². The van der Waals surface area contributed by atoms with Gasteiger partial charge in [0, 0.05) is 30.9 Å². The van der Waals surface area contributed by atoms with Crippen molar-refractivity contribution in [3.8, 4) is 17.2 Å². The first-order valence-corrected chi connectivity index (χ1v) is 14.3. The molecule has 2 aliphatic heterocycles. The molecular formula is C33H41N3O3. The van der Waals surface area contributed by atoms with Gasteiger partial charge in [0.15, 0.2) is 0 Å². The number of para-hydroxylation sites is 2. The molecule has 5 rings (SSSR count). The lowest BCUT2D eigenvalue weighted by molar-refractivity contribution is 0.0439. The number of carbonyl (C=O) groups is 1. The van der Waals surface area contributed by atoms with Crippen LogP contribution in [-0.4, -0.2) is 48.6 Å². The van der Waals surface area contributed by atoms with Crippen LogP contribution >= 0.6 is 0 Å². The summed E-state index contributed by atoms with van der Waals surface area (Å²) in [6, 6.07) is 25.7. The summed E-state index contributed by atoms with van der Waals surface area (Å²) in [6.45, 7) is 9.87. The fourth-order valence-electron chi connectivity index (χ4n) is 5.58. The number of carbonyl (C=O) groups excluding carboxylic acids is 1. The Morgan fingerprint density at radius 3 is 2.13 bits per heavy atom. The minimum absolute atomic E-state index is 0.0166. The van der Waals surface area contributed by atoms with Crippen molar-refractivity contribution in [1.82, 2.24) is 9.80 Å². The molecule has 0 bridgehead atoms. The molecule has 1 N–H and O–H groups in total. The van der Waals surface area contributed by atoms with Crippen LogP contribution in [0.5, 0.6) is 17.2 Å². The van der Waals surface area contributed by atoms with Gasteiger partial charge < -0.3 is 19.7 Å². The molecule has 0 unspecified atom stereocenters. The molecule has 0 saturated carbocycles. The second-order valence-corrected chi connectivity index (χ2v) is 11.4. The molecule has 1 spiro atoms. The van der Waals surface area contributed by atoms with Crippen LogP contribution in [0.4, 0.5) is 10.5 Å². The topological polar surface area (TPSA) is 54.0 Å². The Balaban J connectivity index is 1.07. The van der Waals surface area contributed by atoms with Crippen molar-refractivity contribution < 1.29 is 14.3 Å². The Morgan fingerprint density at radius 1 is 0.821 bits per heavy atom. The number of likely N-dealkylation sites (tertiary alicyclic amines) is 2. The lowest BCUT2D eigenvalue weighted by Crippen LogP contribution is -2.49. The summed E-state index contributed by atoms with van der Waals surface area (Å²) < 4.78 is 11.9. The lowest BCUT2D eigenvalue weighted by atomic mass is 9.71. The molecule has 206 valence electrons. The van der Waals surface area contributed by atoms with Gasteiger partial charge in [0.25, 0.3) is 0 Å². The number of amides is 2. The summed E-state index contributed by atoms with van der Waals surface area (Å²) in [7, 11) is 0. The molecule has 2 fully saturated rings. The van der Waals surface area contributed by atoms with Gasteiger partial charge in [0.05, 0.1) is 6.61 Å². The standard InChI is InChI=1S/C33H41N3O3/c1-26(2)25-38-31-11-7-6-8-27(31)24-35-20-16-33(17-21-35)18-22-36(23-19-33)32(37)34-28-12-14-30(15-13-28)39-29-9-4-3-5-10-29/h3-15,26H,16-25H2,1-2H3,(H,34,37). The highest BCUT2D eigenvalue weighted by atomic mass is 16.5. The number of rotatable bonds is 8. The van der Waals surface area contributed by atoms with Gasteiger partial charge in [-0.15, -0.1) is 0 Å². The Hall–Kier alpha value is -3.51. The number of benzene rings is 3. The third kappa shape index (κ3) is 7.33. The number of hydrogen-bond acceptors (Lipinski definition) is 4. The van der Waals surface area contributed by atoms with Crippen molar-refractivity contribution in [2.24, 2.45) is 11.3 Å². The van der Waals surface area contributed by atoms with Crippen LogP contribution in [-0.2, 0) is 6.54 Å². The molecule has 2 aliphatic rings. The average molecular weight is 528 g/mol. The number of nitrogens with zero attached hydrogens (tertiary/aromatic N) is 2. The maximum Gasteiger partial charge on any atom is 0.321 e. The Kier molecular flexibility index (Phi) is 8.72. The first kappa shape index (κ1) is 27.1. The molecule has 0 atom stereocenters. The molecule has 39 heavy (non-hydrogen) atoms. The van der Waals surface area contributed by atoms with E-state index < -0.39 is 0 Å². The van der Waals surface area contributed by atoms with Gasteiger partial charge in [0.1, 0.15) is 17.2 Å². The van der Waals surface area contributed by atoms with Gasteiger partial charge in [0.2, 0.25) is 0 Å². The van der Waals surface area contributed by atoms with Crippen LogP contribution in [0, 0.1) is 11.3 Å². The molecule has 6 nitrogen and oxygen atoms in total. The molecule has 3 aromatic rings. The molecule has 2 saturated heterocycles. The van der Waals surface area contributed by atoms with Crippen LogP contribution in [0.15, 0.2) is 78.9 Å². The number of hydrogen-bond donors (Lipinski definition) is 1. The van der Waals surface area contributed by atoms with Crippen LogP contribution in [0.3, 0.4) is 0 Å². The summed E-state index contributed by atoms with van der Waals surface area (Å²) in [5, 5.41) is 3.06. The number of nitrogens with one attached hydrogen (secondary N) is 1. The minimum Gasteiger partial charge on any atom is -0.493 e. The lowest BCUT2D eigenvalue weighted by Gasteiger charge is -2.47. The Bertz CT molecular complexity index is 1190. The van der Waals surface area contributed by atoms with Crippen molar-refractivity contribution in [3.05, 3.63) is 84.4 Å². The van der Waals surface area contributed by atoms with E-state index in [2.05, 4.69) is 48.3 Å². The molecule has 0 aliphatic carbocycles. The molecule has 2 amide bonds. The molecule has 0 radical (unpaired) electrons. The maximum absolute atomic E-state index is 13.0. The first-order valence-electron chi connectivity index (χ1n) is 14.3. The van der Waals surface area contributed by atoms with E-state index in [1.807, 2.05) is 59.5 Å². The van der Waals surface area contributed by atoms with Gasteiger partial charge in [-0.1, -0.05) is 50.2 Å². The van der Waals surface area contributed by atoms with Gasteiger partial charge in [-0.25, -0.2) is 4.79 Å². The van der Waals surface area contributed by atoms with Crippen LogP contribution in [0.25, 0.3) is 0 Å². The number of anilines is 1. The number of urea groups is 1. The van der Waals surface area contributed by atoms with Crippen molar-refractivity contribution in [2.75, 3.05) is 38.1 Å². The van der Waals surface area contributed by atoms with E-state index in [1.54, 1.807) is 0 Å². The van der Waals surface area contributed by atoms with Crippen molar-refractivity contribution in [3.63, 3.8) is 0 Å². The van der Waals surface area contributed by atoms with Gasteiger partial charge in [-0.2, -0.15) is 0 Å². The van der Waals surface area contributed by atoms with Crippen molar-refractivity contribution in [2.45, 2.75) is 46.1 Å². The van der Waals surface area contributed by atoms with E-state index in [9.17, 15) is 4.79 Å². The smallest absolute Gasteiger partial charge is 0.321 e. The SMILES string of the molecule is CC(C)COc1ccccc1CN1CCC2(CC1)CCN(C(=O)Nc1ccc(Oc3ccccc3)cc1)CC2. The fraction of sp³-hybridized carbons (Fsp3) is 0.424. The quantitative estimate of drug-likeness (QED) is 0.331. The largest absolute Gasteiger partial charge is 0.493 e. The number of piperidine rings is 2. The third-order valence-electron chi connectivity index (χ3n) is 8.05. The molecule has 2 heterocycles. The van der Waals surface area contributed by atoms with E-state index in [4.69, 9.17) is 9.47 Å². The van der Waals surface area contributed by atoms with Crippen molar-refractivity contribution >= 4 is 11.7 Å². The van der Waals surface area contributed by atoms with Crippen molar-refractivity contribution in [1.29, 1.82) is 0 Å².